The maximum absolute atomic E-state index is 11.2. The van der Waals surface area contributed by atoms with Gasteiger partial charge in [0.05, 0.1) is 18.2 Å². The monoisotopic (exact) mass is 334 g/mol. The number of rotatable bonds is 5. The number of methoxy groups -OCH3 is 1. The second-order valence-electron chi connectivity index (χ2n) is 4.26. The van der Waals surface area contributed by atoms with Crippen LogP contribution < -0.4 is 4.74 Å². The number of hydrogen-bond donors (Lipinski definition) is 0. The van der Waals surface area contributed by atoms with E-state index in [0.717, 1.165) is 0 Å². The highest BCUT2D eigenvalue weighted by atomic mass is 35.5. The molecule has 0 amide bonds. The molecule has 2 rings (SSSR count). The van der Waals surface area contributed by atoms with Crippen molar-refractivity contribution >= 4 is 29.3 Å². The van der Waals surface area contributed by atoms with Crippen LogP contribution >= 0.6 is 11.6 Å². The summed E-state index contributed by atoms with van der Waals surface area (Å²) in [5.41, 5.74) is 0.218. The molecule has 0 saturated heterocycles. The summed E-state index contributed by atoms with van der Waals surface area (Å²) in [6.45, 7) is 0. The molecule has 0 unspecified atom stereocenters. The van der Waals surface area contributed by atoms with Crippen molar-refractivity contribution in [2.75, 3.05) is 7.11 Å². The first-order valence-electron chi connectivity index (χ1n) is 6.33. The highest BCUT2D eigenvalue weighted by Crippen LogP contribution is 2.32. The van der Waals surface area contributed by atoms with E-state index in [0.29, 0.717) is 11.3 Å². The summed E-state index contributed by atoms with van der Waals surface area (Å²) in [6.07, 6.45) is 3.94. The molecule has 1 heterocycles. The van der Waals surface area contributed by atoms with Crippen LogP contribution in [0.4, 0.5) is 5.69 Å². The van der Waals surface area contributed by atoms with E-state index in [4.69, 9.17) is 16.3 Å². The van der Waals surface area contributed by atoms with Gasteiger partial charge in [0.2, 0.25) is 5.75 Å². The molecule has 0 bridgehead atoms. The Morgan fingerprint density at radius 2 is 2.13 bits per heavy atom. The molecule has 0 atom stereocenters. The number of hydrogen-bond acceptors (Lipinski definition) is 6. The topological polar surface area (TPSA) is 91.6 Å². The van der Waals surface area contributed by atoms with Crippen LogP contribution in [0.15, 0.2) is 42.6 Å². The predicted molar refractivity (Wildman–Crippen MR) is 83.5 cm³/mol. The standard InChI is InChI=1S/C15H11ClN2O5/c1-22-15(19)7-3-10-2-5-13(12(8-10)18(20)21)23-11-4-6-14(16)17-9-11/h2-9H,1H3/b7-3+. The number of pyridine rings is 1. The lowest BCUT2D eigenvalue weighted by molar-refractivity contribution is -0.385. The normalized spacial score (nSPS) is 10.5. The number of benzene rings is 1. The Kier molecular flexibility index (Phi) is 5.27. The second-order valence-corrected chi connectivity index (χ2v) is 4.65. The smallest absolute Gasteiger partial charge is 0.330 e. The fourth-order valence-electron chi connectivity index (χ4n) is 1.65. The summed E-state index contributed by atoms with van der Waals surface area (Å²) in [4.78, 5) is 25.5. The molecule has 0 N–H and O–H groups in total. The summed E-state index contributed by atoms with van der Waals surface area (Å²) in [6, 6.07) is 7.35. The third-order valence-electron chi connectivity index (χ3n) is 2.72. The van der Waals surface area contributed by atoms with Gasteiger partial charge in [-0.2, -0.15) is 0 Å². The Hall–Kier alpha value is -2.93. The zero-order valence-electron chi connectivity index (χ0n) is 11.9. The Morgan fingerprint density at radius 1 is 1.35 bits per heavy atom. The van der Waals surface area contributed by atoms with Crippen molar-refractivity contribution in [3.63, 3.8) is 0 Å². The van der Waals surface area contributed by atoms with Gasteiger partial charge < -0.3 is 9.47 Å². The van der Waals surface area contributed by atoms with Crippen LogP contribution in [0, 0.1) is 10.1 Å². The van der Waals surface area contributed by atoms with Gasteiger partial charge >= 0.3 is 11.7 Å². The SMILES string of the molecule is COC(=O)/C=C/c1ccc(Oc2ccc(Cl)nc2)c([N+](=O)[O-])c1. The maximum Gasteiger partial charge on any atom is 0.330 e. The molecule has 1 aromatic carbocycles. The first-order chi connectivity index (χ1) is 11.0. The molecule has 8 heteroatoms. The fraction of sp³-hybridized carbons (Fsp3) is 0.0667. The second kappa shape index (κ2) is 7.37. The minimum Gasteiger partial charge on any atom is -0.466 e. The van der Waals surface area contributed by atoms with Crippen LogP contribution in [-0.2, 0) is 9.53 Å². The summed E-state index contributed by atoms with van der Waals surface area (Å²) in [5.74, 6) is -0.190. The molecule has 1 aromatic heterocycles. The van der Waals surface area contributed by atoms with Gasteiger partial charge in [0.1, 0.15) is 10.9 Å². The zero-order valence-corrected chi connectivity index (χ0v) is 12.7. The Balaban J connectivity index is 2.29. The summed E-state index contributed by atoms with van der Waals surface area (Å²) >= 11 is 5.67. The van der Waals surface area contributed by atoms with Crippen LogP contribution in [-0.4, -0.2) is 23.0 Å². The molecule has 23 heavy (non-hydrogen) atoms. The lowest BCUT2D eigenvalue weighted by Gasteiger charge is -2.06. The number of esters is 1. The van der Waals surface area contributed by atoms with Crippen molar-refractivity contribution in [1.82, 2.24) is 4.98 Å². The van der Waals surface area contributed by atoms with E-state index in [1.54, 1.807) is 12.1 Å². The average Bonchev–Trinajstić information content (AvgIpc) is 2.55. The zero-order chi connectivity index (χ0) is 16.8. The van der Waals surface area contributed by atoms with Gasteiger partial charge in [-0.25, -0.2) is 9.78 Å². The molecular formula is C15H11ClN2O5. The fourth-order valence-corrected chi connectivity index (χ4v) is 1.76. The van der Waals surface area contributed by atoms with E-state index < -0.39 is 10.9 Å². The van der Waals surface area contributed by atoms with Gasteiger partial charge in [-0.15, -0.1) is 0 Å². The Labute approximate surface area is 136 Å². The number of carbonyl (C=O) groups excluding carboxylic acids is 1. The molecule has 118 valence electrons. The first kappa shape index (κ1) is 16.4. The number of halogens is 1. The Bertz CT molecular complexity index is 759. The van der Waals surface area contributed by atoms with E-state index in [1.807, 2.05) is 0 Å². The lowest BCUT2D eigenvalue weighted by Crippen LogP contribution is -1.95. The molecule has 7 nitrogen and oxygen atoms in total. The van der Waals surface area contributed by atoms with Crippen molar-refractivity contribution in [2.45, 2.75) is 0 Å². The molecule has 0 saturated carbocycles. The molecule has 0 fully saturated rings. The molecule has 2 aromatic rings. The number of nitro groups is 1. The molecular weight excluding hydrogens is 324 g/mol. The largest absolute Gasteiger partial charge is 0.466 e. The number of nitrogens with zero attached hydrogens (tertiary/aromatic N) is 2. The van der Waals surface area contributed by atoms with Crippen LogP contribution in [0.3, 0.4) is 0 Å². The third kappa shape index (κ3) is 4.52. The van der Waals surface area contributed by atoms with Gasteiger partial charge in [0.25, 0.3) is 0 Å². The van der Waals surface area contributed by atoms with E-state index in [1.165, 1.54) is 43.7 Å². The van der Waals surface area contributed by atoms with Crippen LogP contribution in [0.5, 0.6) is 11.5 Å². The first-order valence-corrected chi connectivity index (χ1v) is 6.71. The van der Waals surface area contributed by atoms with Crippen LogP contribution in [0.1, 0.15) is 5.56 Å². The molecule has 0 radical (unpaired) electrons. The van der Waals surface area contributed by atoms with Gasteiger partial charge in [-0.05, 0) is 29.8 Å². The minimum absolute atomic E-state index is 0.0503. The number of carbonyl (C=O) groups is 1. The van der Waals surface area contributed by atoms with Gasteiger partial charge in [0, 0.05) is 12.1 Å². The van der Waals surface area contributed by atoms with Crippen molar-refractivity contribution in [2.24, 2.45) is 0 Å². The molecule has 0 aliphatic carbocycles. The van der Waals surface area contributed by atoms with Crippen LogP contribution in [0.25, 0.3) is 6.08 Å². The van der Waals surface area contributed by atoms with Crippen molar-refractivity contribution in [3.05, 3.63) is 63.4 Å². The summed E-state index contributed by atoms with van der Waals surface area (Å²) < 4.78 is 9.91. The average molecular weight is 335 g/mol. The third-order valence-corrected chi connectivity index (χ3v) is 2.94. The maximum atomic E-state index is 11.2. The van der Waals surface area contributed by atoms with Crippen molar-refractivity contribution in [1.29, 1.82) is 0 Å². The molecule has 0 spiro atoms. The quantitative estimate of drug-likeness (QED) is 0.272. The van der Waals surface area contributed by atoms with Gasteiger partial charge in [-0.3, -0.25) is 10.1 Å². The Morgan fingerprint density at radius 3 is 2.74 bits per heavy atom. The van der Waals surface area contributed by atoms with E-state index in [9.17, 15) is 14.9 Å². The number of nitro benzene ring substituents is 1. The van der Waals surface area contributed by atoms with E-state index in [-0.39, 0.29) is 16.6 Å². The van der Waals surface area contributed by atoms with Crippen molar-refractivity contribution < 1.29 is 19.2 Å². The number of aromatic nitrogens is 1. The van der Waals surface area contributed by atoms with Crippen molar-refractivity contribution in [3.8, 4) is 11.5 Å². The van der Waals surface area contributed by atoms with E-state index >= 15 is 0 Å². The summed E-state index contributed by atoms with van der Waals surface area (Å²) in [7, 11) is 1.24. The van der Waals surface area contributed by atoms with Crippen LogP contribution in [0.2, 0.25) is 5.15 Å². The number of ether oxygens (including phenoxy) is 2. The highest BCUT2D eigenvalue weighted by Gasteiger charge is 2.16. The van der Waals surface area contributed by atoms with Gasteiger partial charge in [0.15, 0.2) is 0 Å². The summed E-state index contributed by atoms with van der Waals surface area (Å²) in [5, 5.41) is 11.5. The predicted octanol–water partition coefficient (Wildman–Crippen LogP) is 3.62. The highest BCUT2D eigenvalue weighted by molar-refractivity contribution is 6.29. The van der Waals surface area contributed by atoms with E-state index in [2.05, 4.69) is 9.72 Å². The van der Waals surface area contributed by atoms with Gasteiger partial charge in [-0.1, -0.05) is 17.7 Å². The molecule has 0 aliphatic heterocycles. The lowest BCUT2D eigenvalue weighted by atomic mass is 10.1. The minimum atomic E-state index is -0.575. The molecule has 0 aliphatic rings.